The number of fused-ring (bicyclic) bond motifs is 3. The van der Waals surface area contributed by atoms with Gasteiger partial charge in [-0.2, -0.15) is 0 Å². The molecule has 4 nitrogen and oxygen atoms in total. The molecule has 0 bridgehead atoms. The molecular formula is C48H35N3O. The van der Waals surface area contributed by atoms with E-state index >= 15 is 0 Å². The van der Waals surface area contributed by atoms with Crippen LogP contribution < -0.4 is 5.32 Å². The summed E-state index contributed by atoms with van der Waals surface area (Å²) < 4.78 is 6.75. The molecule has 248 valence electrons. The van der Waals surface area contributed by atoms with Crippen LogP contribution in [-0.4, -0.2) is 11.7 Å². The molecule has 0 aliphatic carbocycles. The fourth-order valence-electron chi connectivity index (χ4n) is 7.27. The lowest BCUT2D eigenvalue weighted by Gasteiger charge is -2.25. The minimum atomic E-state index is -0.353. The number of furan rings is 1. The van der Waals surface area contributed by atoms with Crippen LogP contribution in [0.15, 0.2) is 191 Å². The number of aryl methyl sites for hydroxylation is 1. The maximum Gasteiger partial charge on any atom is 0.159 e. The Bertz CT molecular complexity index is 2680. The first-order valence-electron chi connectivity index (χ1n) is 17.6. The Hall–Kier alpha value is -6.78. The number of nitrogens with one attached hydrogen (secondary N) is 1. The Labute approximate surface area is 303 Å². The molecule has 7 aromatic carbocycles. The number of hydrogen-bond acceptors (Lipinski definition) is 4. The summed E-state index contributed by atoms with van der Waals surface area (Å²) in [5, 5.41) is 5.77. The van der Waals surface area contributed by atoms with Gasteiger partial charge in [-0.05, 0) is 58.0 Å². The second kappa shape index (κ2) is 13.2. The Morgan fingerprint density at radius 2 is 1.23 bits per heavy atom. The molecule has 8 aromatic rings. The van der Waals surface area contributed by atoms with Crippen LogP contribution in [0, 0.1) is 6.92 Å². The average Bonchev–Trinajstić information content (AvgIpc) is 3.59. The van der Waals surface area contributed by atoms with Gasteiger partial charge in [0.25, 0.3) is 0 Å². The molecule has 1 atom stereocenters. The lowest BCUT2D eigenvalue weighted by atomic mass is 9.89. The van der Waals surface area contributed by atoms with Crippen molar-refractivity contribution in [2.75, 3.05) is 0 Å². The van der Waals surface area contributed by atoms with Crippen molar-refractivity contribution < 1.29 is 4.42 Å². The Morgan fingerprint density at radius 3 is 2.02 bits per heavy atom. The zero-order valence-corrected chi connectivity index (χ0v) is 28.8. The van der Waals surface area contributed by atoms with E-state index in [0.29, 0.717) is 5.84 Å². The van der Waals surface area contributed by atoms with E-state index in [0.717, 1.165) is 77.9 Å². The van der Waals surface area contributed by atoms with Crippen LogP contribution in [0.1, 0.15) is 39.5 Å². The summed E-state index contributed by atoms with van der Waals surface area (Å²) in [6.45, 7) is 6.77. The summed E-state index contributed by atoms with van der Waals surface area (Å²) >= 11 is 0. The Kier molecular flexibility index (Phi) is 7.90. The summed E-state index contributed by atoms with van der Waals surface area (Å²) in [5.41, 5.74) is 13.4. The van der Waals surface area contributed by atoms with E-state index in [1.54, 1.807) is 0 Å². The van der Waals surface area contributed by atoms with Crippen LogP contribution in [0.5, 0.6) is 0 Å². The maximum absolute atomic E-state index is 6.75. The lowest BCUT2D eigenvalue weighted by molar-refractivity contribution is 0.666. The van der Waals surface area contributed by atoms with Crippen molar-refractivity contribution in [1.82, 2.24) is 5.32 Å². The Balaban J connectivity index is 1.13. The summed E-state index contributed by atoms with van der Waals surface area (Å²) in [6, 6.07) is 58.7. The largest absolute Gasteiger partial charge is 0.455 e. The van der Waals surface area contributed by atoms with Gasteiger partial charge in [0.15, 0.2) is 5.84 Å². The number of hydrogen-bond donors (Lipinski definition) is 1. The number of rotatable bonds is 7. The molecule has 52 heavy (non-hydrogen) atoms. The monoisotopic (exact) mass is 669 g/mol. The minimum Gasteiger partial charge on any atom is -0.455 e. The summed E-state index contributed by atoms with van der Waals surface area (Å²) in [6.07, 6.45) is -0.353. The Morgan fingerprint density at radius 1 is 0.577 bits per heavy atom. The first-order valence-corrected chi connectivity index (χ1v) is 17.6. The molecule has 1 aliphatic heterocycles. The number of amidine groups is 2. The quantitative estimate of drug-likeness (QED) is 0.184. The normalized spacial score (nSPS) is 14.1. The highest BCUT2D eigenvalue weighted by Gasteiger charge is 2.24. The van der Waals surface area contributed by atoms with Crippen molar-refractivity contribution in [3.63, 3.8) is 0 Å². The highest BCUT2D eigenvalue weighted by atomic mass is 16.3. The van der Waals surface area contributed by atoms with Crippen LogP contribution >= 0.6 is 0 Å². The average molecular weight is 670 g/mol. The van der Waals surface area contributed by atoms with Gasteiger partial charge in [0.2, 0.25) is 0 Å². The van der Waals surface area contributed by atoms with Crippen LogP contribution in [0.25, 0.3) is 49.8 Å². The van der Waals surface area contributed by atoms with Crippen molar-refractivity contribution in [2.24, 2.45) is 9.98 Å². The van der Waals surface area contributed by atoms with E-state index < -0.39 is 0 Å². The van der Waals surface area contributed by atoms with E-state index in [-0.39, 0.29) is 6.17 Å². The van der Waals surface area contributed by atoms with Gasteiger partial charge in [-0.25, -0.2) is 9.98 Å². The standard InChI is InChI=1S/C48H35N3O/c1-31-16-9-10-21-36(31)40-24-13-11-22-37(40)32(2)38-26-15-27-42-41-29-28-35(30-44(41)52-45(38)42)47-49-46(34-19-7-4-8-20-34)50-48(51-47)43-25-14-12-23-39(43)33-17-5-3-6-18-33/h3-30,48H,2H2,1H3,(H,49,50,51). The topological polar surface area (TPSA) is 49.9 Å². The number of nitrogens with zero attached hydrogens (tertiary/aromatic N) is 2. The van der Waals surface area contributed by atoms with Gasteiger partial charge < -0.3 is 9.73 Å². The van der Waals surface area contributed by atoms with E-state index in [1.165, 1.54) is 11.1 Å². The molecule has 9 rings (SSSR count). The fourth-order valence-corrected chi connectivity index (χ4v) is 7.27. The molecule has 2 heterocycles. The second-order valence-electron chi connectivity index (χ2n) is 13.1. The lowest BCUT2D eigenvalue weighted by Crippen LogP contribution is -2.33. The molecule has 1 aliphatic rings. The third-order valence-electron chi connectivity index (χ3n) is 9.90. The minimum absolute atomic E-state index is 0.353. The molecule has 0 radical (unpaired) electrons. The van der Waals surface area contributed by atoms with E-state index in [4.69, 9.17) is 14.4 Å². The zero-order chi connectivity index (χ0) is 35.0. The van der Waals surface area contributed by atoms with Gasteiger partial charge in [0.1, 0.15) is 23.2 Å². The van der Waals surface area contributed by atoms with Crippen molar-refractivity contribution >= 4 is 39.2 Å². The molecule has 1 N–H and O–H groups in total. The van der Waals surface area contributed by atoms with Crippen molar-refractivity contribution in [1.29, 1.82) is 0 Å². The van der Waals surface area contributed by atoms with Gasteiger partial charge in [0, 0.05) is 33.0 Å². The molecule has 0 fully saturated rings. The molecule has 0 amide bonds. The molecule has 4 heteroatoms. The van der Waals surface area contributed by atoms with Gasteiger partial charge in [-0.15, -0.1) is 0 Å². The number of para-hydroxylation sites is 1. The maximum atomic E-state index is 6.75. The van der Waals surface area contributed by atoms with Crippen molar-refractivity contribution in [2.45, 2.75) is 13.1 Å². The van der Waals surface area contributed by atoms with Crippen LogP contribution in [-0.2, 0) is 0 Å². The van der Waals surface area contributed by atoms with Gasteiger partial charge in [-0.1, -0.05) is 164 Å². The number of benzene rings is 7. The molecule has 1 unspecified atom stereocenters. The smallest absolute Gasteiger partial charge is 0.159 e. The van der Waals surface area contributed by atoms with Gasteiger partial charge in [0.05, 0.1) is 0 Å². The molecule has 1 aromatic heterocycles. The predicted molar refractivity (Wildman–Crippen MR) is 216 cm³/mol. The van der Waals surface area contributed by atoms with Crippen molar-refractivity contribution in [3.8, 4) is 22.3 Å². The number of aliphatic imine (C=N–C) groups is 2. The first kappa shape index (κ1) is 31.2. The molecule has 0 saturated heterocycles. The SMILES string of the molecule is C=C(c1ccccc1-c1ccccc1C)c1cccc2c1oc1cc(C3=NC(c4ccccc4)=NC(c4ccccc4-c4ccccc4)N3)ccc12. The third kappa shape index (κ3) is 5.61. The molecule has 0 saturated carbocycles. The highest BCUT2D eigenvalue weighted by molar-refractivity contribution is 6.15. The predicted octanol–water partition coefficient (Wildman–Crippen LogP) is 11.8. The van der Waals surface area contributed by atoms with Crippen LogP contribution in [0.3, 0.4) is 0 Å². The van der Waals surface area contributed by atoms with Crippen LogP contribution in [0.2, 0.25) is 0 Å². The summed E-state index contributed by atoms with van der Waals surface area (Å²) in [4.78, 5) is 10.3. The fraction of sp³-hybridized carbons (Fsp3) is 0.0417. The zero-order valence-electron chi connectivity index (χ0n) is 28.8. The van der Waals surface area contributed by atoms with Crippen molar-refractivity contribution in [3.05, 3.63) is 210 Å². The van der Waals surface area contributed by atoms with E-state index in [9.17, 15) is 0 Å². The van der Waals surface area contributed by atoms with E-state index in [2.05, 4.69) is 164 Å². The second-order valence-corrected chi connectivity index (χ2v) is 13.1. The van der Waals surface area contributed by atoms with Crippen LogP contribution in [0.4, 0.5) is 0 Å². The molecular weight excluding hydrogens is 635 g/mol. The first-order chi connectivity index (χ1) is 25.6. The van der Waals surface area contributed by atoms with E-state index in [1.807, 2.05) is 24.3 Å². The highest BCUT2D eigenvalue weighted by Crippen LogP contribution is 2.39. The molecule has 0 spiro atoms. The third-order valence-corrected chi connectivity index (χ3v) is 9.90. The van der Waals surface area contributed by atoms with Gasteiger partial charge in [-0.3, -0.25) is 0 Å². The van der Waals surface area contributed by atoms with Gasteiger partial charge >= 0.3 is 0 Å². The summed E-state index contributed by atoms with van der Waals surface area (Å²) in [5.74, 6) is 1.42. The summed E-state index contributed by atoms with van der Waals surface area (Å²) in [7, 11) is 0.